The first-order valence-corrected chi connectivity index (χ1v) is 21.5. The number of aliphatic hydroxyl groups is 1. The first kappa shape index (κ1) is 47.2. The van der Waals surface area contributed by atoms with Crippen molar-refractivity contribution in [3.63, 3.8) is 0 Å². The summed E-state index contributed by atoms with van der Waals surface area (Å²) in [6, 6.07) is 0. The van der Waals surface area contributed by atoms with Gasteiger partial charge >= 0.3 is 11.8 Å². The van der Waals surface area contributed by atoms with E-state index in [1.165, 1.54) is 167 Å². The molecule has 2 amide bonds. The zero-order valence-electron chi connectivity index (χ0n) is 33.8. The zero-order chi connectivity index (χ0) is 35.8. The van der Waals surface area contributed by atoms with E-state index in [1.807, 2.05) is 28.2 Å². The monoisotopic (exact) mass is 681 g/mol. The third kappa shape index (κ3) is 29.0. The van der Waals surface area contributed by atoms with Gasteiger partial charge in [-0.1, -0.05) is 194 Å². The fourth-order valence-electron chi connectivity index (χ4n) is 7.22. The molecule has 0 bridgehead atoms. The van der Waals surface area contributed by atoms with Crippen molar-refractivity contribution >= 4 is 11.8 Å². The fraction of sp³-hybridized carbons (Fsp3) is 0.953. The summed E-state index contributed by atoms with van der Waals surface area (Å²) in [6.45, 7) is 5.29. The highest BCUT2D eigenvalue weighted by Crippen LogP contribution is 2.17. The van der Waals surface area contributed by atoms with Crippen molar-refractivity contribution in [1.29, 1.82) is 0 Å². The second kappa shape index (κ2) is 32.1. The molecule has 0 saturated heterocycles. The molecule has 0 heterocycles. The second-order valence-electron chi connectivity index (χ2n) is 16.6. The number of unbranched alkanes of at least 4 members (excludes halogenated alkanes) is 28. The van der Waals surface area contributed by atoms with Crippen LogP contribution in [0.5, 0.6) is 0 Å². The quantitative estimate of drug-likeness (QED) is 0.0529. The highest BCUT2D eigenvalue weighted by molar-refractivity contribution is 5.69. The lowest BCUT2D eigenvalue weighted by Crippen LogP contribution is -2.56. The molecule has 0 fully saturated rings. The number of carbonyl (C=O) groups is 2. The van der Waals surface area contributed by atoms with Gasteiger partial charge in [0.2, 0.25) is 0 Å². The molecule has 5 heteroatoms. The van der Waals surface area contributed by atoms with E-state index in [4.69, 9.17) is 0 Å². The molecule has 1 N–H and O–H groups in total. The number of aliphatic hydroxyl groups excluding tert-OH is 1. The maximum absolute atomic E-state index is 13.0. The van der Waals surface area contributed by atoms with Gasteiger partial charge in [-0.25, -0.2) is 9.59 Å². The van der Waals surface area contributed by atoms with Gasteiger partial charge < -0.3 is 5.11 Å². The lowest BCUT2D eigenvalue weighted by atomic mass is 10.0. The van der Waals surface area contributed by atoms with E-state index < -0.39 is 6.10 Å². The van der Waals surface area contributed by atoms with Gasteiger partial charge in [-0.2, -0.15) is 0 Å². The van der Waals surface area contributed by atoms with Crippen LogP contribution in [0.2, 0.25) is 0 Å². The van der Waals surface area contributed by atoms with Crippen LogP contribution in [0.15, 0.2) is 0 Å². The molecule has 0 saturated carbocycles. The molecule has 48 heavy (non-hydrogen) atoms. The van der Waals surface area contributed by atoms with Crippen LogP contribution in [0.4, 0.5) is 0 Å². The largest absolute Gasteiger partial charge is 0.382 e. The molecule has 0 rings (SSSR count). The summed E-state index contributed by atoms with van der Waals surface area (Å²) in [4.78, 5) is 26.0. The summed E-state index contributed by atoms with van der Waals surface area (Å²) < 4.78 is 0.375. The smallest absolute Gasteiger partial charge is 0.313 e. The Hall–Kier alpha value is -0.780. The summed E-state index contributed by atoms with van der Waals surface area (Å²) in [5, 5.41) is 10.9. The van der Waals surface area contributed by atoms with Crippen molar-refractivity contribution in [2.24, 2.45) is 0 Å². The molecule has 0 radical (unpaired) electrons. The van der Waals surface area contributed by atoms with Gasteiger partial charge in [0, 0.05) is 0 Å². The van der Waals surface area contributed by atoms with Gasteiger partial charge in [0.05, 0.1) is 41.0 Å². The van der Waals surface area contributed by atoms with Crippen molar-refractivity contribution in [2.75, 3.05) is 41.3 Å². The Bertz CT molecular complexity index is 676. The number of hydrogen-bond donors (Lipinski definition) is 1. The lowest BCUT2D eigenvalue weighted by Gasteiger charge is -2.33. The van der Waals surface area contributed by atoms with E-state index in [0.29, 0.717) is 25.9 Å². The van der Waals surface area contributed by atoms with Crippen LogP contribution < -0.4 is 0 Å². The first-order valence-electron chi connectivity index (χ1n) is 21.5. The van der Waals surface area contributed by atoms with Crippen molar-refractivity contribution in [3.8, 4) is 0 Å². The predicted molar refractivity (Wildman–Crippen MR) is 209 cm³/mol. The normalized spacial score (nSPS) is 12.3. The number of likely N-dealkylation sites (N-methyl/N-ethyl adjacent to an activating group) is 2. The maximum Gasteiger partial charge on any atom is 0.313 e. The second-order valence-corrected chi connectivity index (χ2v) is 16.6. The Morgan fingerprint density at radius 3 is 0.771 bits per heavy atom. The molecule has 0 aliphatic heterocycles. The Kier molecular flexibility index (Phi) is 31.6. The standard InChI is InChI=1S/C43H88N2O3/c1-7-9-11-13-15-17-19-21-23-25-27-29-31-33-35-37-42(47)44(3,4)39-41(46)40-45(5,6)43(48)38-36-34-32-30-28-26-24-22-20-18-16-14-12-10-8-2/h41,46H,7-40H2,1-6H3/q+2. The average Bonchev–Trinajstić information content (AvgIpc) is 3.03. The summed E-state index contributed by atoms with van der Waals surface area (Å²) in [6.07, 6.45) is 40.1. The third-order valence-electron chi connectivity index (χ3n) is 10.7. The molecular formula is C43H88N2O3+2. The predicted octanol–water partition coefficient (Wildman–Crippen LogP) is 12.1. The number of nitrogens with zero attached hydrogens (tertiary/aromatic N) is 2. The van der Waals surface area contributed by atoms with Gasteiger partial charge in [-0.3, -0.25) is 8.97 Å². The van der Waals surface area contributed by atoms with E-state index in [0.717, 1.165) is 25.7 Å². The SMILES string of the molecule is CCCCCCCCCCCCCCCCCC(=O)[N+](C)(C)CC(O)C[N+](C)(C)C(=O)CCCCCCCCCCCCCCCCC. The topological polar surface area (TPSA) is 54.4 Å². The highest BCUT2D eigenvalue weighted by atomic mass is 16.3. The molecule has 286 valence electrons. The Labute approximate surface area is 301 Å². The van der Waals surface area contributed by atoms with E-state index in [-0.39, 0.29) is 20.8 Å². The van der Waals surface area contributed by atoms with E-state index in [1.54, 1.807) is 0 Å². The molecule has 0 unspecified atom stereocenters. The van der Waals surface area contributed by atoms with Gasteiger partial charge in [-0.05, 0) is 12.8 Å². The number of rotatable bonds is 36. The molecule has 5 nitrogen and oxygen atoms in total. The van der Waals surface area contributed by atoms with Gasteiger partial charge in [0.15, 0.2) is 6.10 Å². The number of amides is 2. The molecule has 0 aromatic heterocycles. The average molecular weight is 681 g/mol. The van der Waals surface area contributed by atoms with Crippen LogP contribution in [-0.4, -0.2) is 73.3 Å². The molecule has 0 atom stereocenters. The van der Waals surface area contributed by atoms with Crippen LogP contribution in [0.3, 0.4) is 0 Å². The van der Waals surface area contributed by atoms with Crippen molar-refractivity contribution in [1.82, 2.24) is 0 Å². The summed E-state index contributed by atoms with van der Waals surface area (Å²) in [7, 11) is 7.64. The van der Waals surface area contributed by atoms with Crippen LogP contribution in [0, 0.1) is 0 Å². The minimum absolute atomic E-state index is 0.188. The Morgan fingerprint density at radius 1 is 0.375 bits per heavy atom. The van der Waals surface area contributed by atoms with Crippen molar-refractivity contribution in [2.45, 2.75) is 225 Å². The lowest BCUT2D eigenvalue weighted by molar-refractivity contribution is -0.841. The molecular weight excluding hydrogens is 592 g/mol. The van der Waals surface area contributed by atoms with Crippen LogP contribution >= 0.6 is 0 Å². The number of hydrogen-bond acceptors (Lipinski definition) is 3. The fourth-order valence-corrected chi connectivity index (χ4v) is 7.22. The van der Waals surface area contributed by atoms with Gasteiger partial charge in [0.1, 0.15) is 13.1 Å². The molecule has 0 aliphatic rings. The maximum atomic E-state index is 13.0. The van der Waals surface area contributed by atoms with E-state index in [9.17, 15) is 14.7 Å². The minimum atomic E-state index is -0.676. The van der Waals surface area contributed by atoms with Crippen LogP contribution in [0.25, 0.3) is 0 Å². The van der Waals surface area contributed by atoms with E-state index >= 15 is 0 Å². The number of quaternary nitrogens is 2. The molecule has 0 aliphatic carbocycles. The van der Waals surface area contributed by atoms with Crippen LogP contribution in [-0.2, 0) is 9.59 Å². The highest BCUT2D eigenvalue weighted by Gasteiger charge is 2.34. The van der Waals surface area contributed by atoms with Crippen molar-refractivity contribution < 1.29 is 23.7 Å². The summed E-state index contributed by atoms with van der Waals surface area (Å²) >= 11 is 0. The zero-order valence-corrected chi connectivity index (χ0v) is 33.8. The van der Waals surface area contributed by atoms with Gasteiger partial charge in [-0.15, -0.1) is 0 Å². The summed E-state index contributed by atoms with van der Waals surface area (Å²) in [5.41, 5.74) is 0. The molecule has 0 aromatic rings. The minimum Gasteiger partial charge on any atom is -0.382 e. The summed E-state index contributed by atoms with van der Waals surface area (Å²) in [5.74, 6) is 0.386. The van der Waals surface area contributed by atoms with E-state index in [2.05, 4.69) is 13.8 Å². The number of carbonyl (C=O) groups excluding carboxylic acids is 2. The Morgan fingerprint density at radius 2 is 0.562 bits per heavy atom. The van der Waals surface area contributed by atoms with Gasteiger partial charge in [0.25, 0.3) is 0 Å². The van der Waals surface area contributed by atoms with Crippen molar-refractivity contribution in [3.05, 3.63) is 0 Å². The molecule has 0 aromatic carbocycles. The Balaban J connectivity index is 3.87. The molecule has 0 spiro atoms. The third-order valence-corrected chi connectivity index (χ3v) is 10.7. The van der Waals surface area contributed by atoms with Crippen LogP contribution in [0.1, 0.15) is 219 Å². The first-order chi connectivity index (χ1) is 23.1.